The van der Waals surface area contributed by atoms with Gasteiger partial charge in [0.05, 0.1) is 6.61 Å². The zero-order valence-corrected chi connectivity index (χ0v) is 20.9. The molecule has 1 heterocycles. The third-order valence-corrected chi connectivity index (χ3v) is 10.6. The van der Waals surface area contributed by atoms with E-state index in [1.54, 1.807) is 6.08 Å². The number of ketones is 2. The summed E-state index contributed by atoms with van der Waals surface area (Å²) in [6, 6.07) is 0. The number of ether oxygens (including phenoxy) is 2. The van der Waals surface area contributed by atoms with Crippen LogP contribution in [0.5, 0.6) is 0 Å². The predicted octanol–water partition coefficient (Wildman–Crippen LogP) is 4.69. The molecule has 1 aliphatic heterocycles. The summed E-state index contributed by atoms with van der Waals surface area (Å²) in [6.07, 6.45) is 8.92. The molecule has 1 saturated heterocycles. The van der Waals surface area contributed by atoms with Crippen LogP contribution in [0.4, 0.5) is 0 Å². The molecule has 0 amide bonds. The molecule has 4 unspecified atom stereocenters. The normalized spacial score (nSPS) is 48.1. The van der Waals surface area contributed by atoms with Crippen LogP contribution in [0, 0.1) is 45.3 Å². The summed E-state index contributed by atoms with van der Waals surface area (Å²) in [7, 11) is 0. The molecule has 0 N–H and O–H groups in total. The fourth-order valence-electron chi connectivity index (χ4n) is 9.07. The van der Waals surface area contributed by atoms with Crippen LogP contribution < -0.4 is 0 Å². The number of hydrogen-bond acceptors (Lipinski definition) is 5. The Morgan fingerprint density at radius 2 is 1.82 bits per heavy atom. The second-order valence-corrected chi connectivity index (χ2v) is 12.5. The molecule has 0 radical (unpaired) electrons. The quantitative estimate of drug-likeness (QED) is 0.566. The van der Waals surface area contributed by atoms with Crippen LogP contribution in [-0.2, 0) is 23.9 Å². The molecule has 5 heteroatoms. The van der Waals surface area contributed by atoms with Gasteiger partial charge in [-0.2, -0.15) is 0 Å². The highest BCUT2D eigenvalue weighted by Crippen LogP contribution is 2.72. The second-order valence-electron chi connectivity index (χ2n) is 12.5. The number of fused-ring (bicyclic) bond motifs is 5. The van der Waals surface area contributed by atoms with Crippen molar-refractivity contribution in [1.82, 2.24) is 0 Å². The lowest BCUT2D eigenvalue weighted by atomic mass is 9.38. The van der Waals surface area contributed by atoms with Gasteiger partial charge in [0, 0.05) is 30.3 Å². The van der Waals surface area contributed by atoms with E-state index in [9.17, 15) is 14.4 Å². The molecule has 8 atom stereocenters. The number of carbonyl (C=O) groups is 3. The summed E-state index contributed by atoms with van der Waals surface area (Å²) in [5, 5.41) is 0. The van der Waals surface area contributed by atoms with Crippen molar-refractivity contribution in [2.45, 2.75) is 73.3 Å². The Kier molecular flexibility index (Phi) is 4.97. The van der Waals surface area contributed by atoms with Crippen molar-refractivity contribution in [2.24, 2.45) is 45.3 Å². The maximum Gasteiger partial charge on any atom is 0.302 e. The van der Waals surface area contributed by atoms with E-state index in [1.165, 1.54) is 12.5 Å². The van der Waals surface area contributed by atoms with Crippen LogP contribution in [0.15, 0.2) is 23.8 Å². The lowest BCUT2D eigenvalue weighted by Crippen LogP contribution is -2.64. The predicted molar refractivity (Wildman–Crippen MR) is 124 cm³/mol. The first kappa shape index (κ1) is 23.0. The van der Waals surface area contributed by atoms with Crippen molar-refractivity contribution in [3.63, 3.8) is 0 Å². The van der Waals surface area contributed by atoms with Gasteiger partial charge in [-0.05, 0) is 66.4 Å². The molecule has 2 saturated carbocycles. The van der Waals surface area contributed by atoms with Gasteiger partial charge in [-0.3, -0.25) is 14.4 Å². The number of hydrogen-bond donors (Lipinski definition) is 0. The average Bonchev–Trinajstić information content (AvgIpc) is 3.32. The summed E-state index contributed by atoms with van der Waals surface area (Å²) in [4.78, 5) is 38.7. The van der Waals surface area contributed by atoms with E-state index in [0.717, 1.165) is 25.9 Å². The Morgan fingerprint density at radius 1 is 1.09 bits per heavy atom. The van der Waals surface area contributed by atoms with Gasteiger partial charge in [0.2, 0.25) is 0 Å². The van der Waals surface area contributed by atoms with E-state index in [2.05, 4.69) is 26.8 Å². The molecular weight excluding hydrogens is 416 g/mol. The third kappa shape index (κ3) is 2.90. The van der Waals surface area contributed by atoms with Crippen molar-refractivity contribution in [1.29, 1.82) is 0 Å². The Morgan fingerprint density at radius 3 is 2.45 bits per heavy atom. The maximum absolute atomic E-state index is 13.5. The minimum absolute atomic E-state index is 0.0591. The first-order valence-corrected chi connectivity index (χ1v) is 12.6. The lowest BCUT2D eigenvalue weighted by Gasteiger charge is -2.66. The topological polar surface area (TPSA) is 69.7 Å². The maximum atomic E-state index is 13.5. The Bertz CT molecular complexity index is 969. The van der Waals surface area contributed by atoms with Crippen LogP contribution in [0.3, 0.4) is 0 Å². The molecule has 0 bridgehead atoms. The highest BCUT2D eigenvalue weighted by molar-refractivity contribution is 5.98. The largest absolute Gasteiger partial charge is 0.462 e. The van der Waals surface area contributed by atoms with E-state index < -0.39 is 10.8 Å². The van der Waals surface area contributed by atoms with Gasteiger partial charge >= 0.3 is 5.97 Å². The first-order chi connectivity index (χ1) is 15.4. The fourth-order valence-corrected chi connectivity index (χ4v) is 9.07. The van der Waals surface area contributed by atoms with Gasteiger partial charge in [-0.25, -0.2) is 0 Å². The molecule has 0 spiro atoms. The van der Waals surface area contributed by atoms with Gasteiger partial charge in [0.1, 0.15) is 6.10 Å². The van der Waals surface area contributed by atoms with Crippen LogP contribution in [-0.4, -0.2) is 36.9 Å². The number of allylic oxidation sites excluding steroid dienone is 3. The van der Waals surface area contributed by atoms with Crippen LogP contribution in [0.25, 0.3) is 0 Å². The van der Waals surface area contributed by atoms with Gasteiger partial charge < -0.3 is 9.47 Å². The van der Waals surface area contributed by atoms with E-state index in [1.807, 2.05) is 19.9 Å². The highest BCUT2D eigenvalue weighted by atomic mass is 16.5. The summed E-state index contributed by atoms with van der Waals surface area (Å²) in [5.41, 5.74) is -0.251. The Labute approximate surface area is 197 Å². The lowest BCUT2D eigenvalue weighted by molar-refractivity contribution is -0.188. The van der Waals surface area contributed by atoms with E-state index in [0.29, 0.717) is 13.0 Å². The van der Waals surface area contributed by atoms with Crippen molar-refractivity contribution in [3.05, 3.63) is 23.8 Å². The summed E-state index contributed by atoms with van der Waals surface area (Å²) in [6.45, 7) is 13.7. The monoisotopic (exact) mass is 454 g/mol. The molecule has 5 nitrogen and oxygen atoms in total. The van der Waals surface area contributed by atoms with Crippen molar-refractivity contribution < 1.29 is 23.9 Å². The molecule has 5 rings (SSSR count). The van der Waals surface area contributed by atoms with E-state index in [4.69, 9.17) is 9.47 Å². The minimum atomic E-state index is -0.520. The smallest absolute Gasteiger partial charge is 0.302 e. The molecule has 5 aliphatic rings. The van der Waals surface area contributed by atoms with Crippen LogP contribution >= 0.6 is 0 Å². The molecule has 0 aromatic carbocycles. The molecule has 4 aliphatic carbocycles. The molecule has 0 aromatic rings. The zero-order valence-electron chi connectivity index (χ0n) is 20.9. The SMILES string of the molecule is CC(=O)O[C@@H]1CC2C(C)(C)C(=O)C=C[C@]2(C)C2CC[C@]3(C)C(=CC(=O)C3C3CCOC3)[C@@]21C. The van der Waals surface area contributed by atoms with E-state index >= 15 is 0 Å². The number of carbonyl (C=O) groups excluding carboxylic acids is 3. The fraction of sp³-hybridized carbons (Fsp3) is 0.750. The summed E-state index contributed by atoms with van der Waals surface area (Å²) >= 11 is 0. The molecule has 33 heavy (non-hydrogen) atoms. The molecular formula is C28H38O5. The third-order valence-electron chi connectivity index (χ3n) is 10.6. The Balaban J connectivity index is 1.65. The van der Waals surface area contributed by atoms with Gasteiger partial charge in [0.25, 0.3) is 0 Å². The number of rotatable bonds is 2. The zero-order chi connectivity index (χ0) is 24.0. The summed E-state index contributed by atoms with van der Waals surface area (Å²) < 4.78 is 11.8. The molecule has 3 fully saturated rings. The summed E-state index contributed by atoms with van der Waals surface area (Å²) in [5.74, 6) is 0.518. The van der Waals surface area contributed by atoms with Crippen LogP contribution in [0.1, 0.15) is 67.2 Å². The Hall–Kier alpha value is -1.75. The molecule has 0 aromatic heterocycles. The van der Waals surface area contributed by atoms with Crippen molar-refractivity contribution >= 4 is 17.5 Å². The van der Waals surface area contributed by atoms with Crippen LogP contribution in [0.2, 0.25) is 0 Å². The van der Waals surface area contributed by atoms with Crippen molar-refractivity contribution in [2.75, 3.05) is 13.2 Å². The second kappa shape index (κ2) is 7.13. The van der Waals surface area contributed by atoms with Gasteiger partial charge in [0.15, 0.2) is 11.6 Å². The highest BCUT2D eigenvalue weighted by Gasteiger charge is 2.69. The molecule has 180 valence electrons. The minimum Gasteiger partial charge on any atom is -0.462 e. The van der Waals surface area contributed by atoms with E-state index in [-0.39, 0.29) is 58.1 Å². The number of esters is 1. The van der Waals surface area contributed by atoms with Crippen molar-refractivity contribution in [3.8, 4) is 0 Å². The van der Waals surface area contributed by atoms with Gasteiger partial charge in [-0.1, -0.05) is 46.3 Å². The average molecular weight is 455 g/mol. The van der Waals surface area contributed by atoms with Gasteiger partial charge in [-0.15, -0.1) is 0 Å². The standard InChI is InChI=1S/C28H38O5/c1-16(29)33-23-14-20-25(2,3)22(31)8-11-26(20,4)19-7-10-27(5)21(28(19,23)6)13-18(30)24(27)17-9-12-32-15-17/h8,11,13,17,19-20,23-24H,7,9-10,12,14-15H2,1-6H3/t17?,19?,20?,23-,24?,26-,27-,28-/m1/s1. The first-order valence-electron chi connectivity index (χ1n) is 12.6.